The van der Waals surface area contributed by atoms with Gasteiger partial charge in [-0.2, -0.15) is 0 Å². The summed E-state index contributed by atoms with van der Waals surface area (Å²) in [7, 11) is 0. The van der Waals surface area contributed by atoms with Crippen molar-refractivity contribution < 1.29 is 4.74 Å². The normalized spacial score (nSPS) is 22.1. The predicted octanol–water partition coefficient (Wildman–Crippen LogP) is 2.89. The number of likely N-dealkylation sites (tertiary alicyclic amines) is 1. The number of benzene rings is 1. The Labute approximate surface area is 135 Å². The highest BCUT2D eigenvalue weighted by Gasteiger charge is 2.32. The molecule has 3 rings (SSSR count). The summed E-state index contributed by atoms with van der Waals surface area (Å²) < 4.78 is 5.74. The Morgan fingerprint density at radius 2 is 2.18 bits per heavy atom. The van der Waals surface area contributed by atoms with Crippen molar-refractivity contribution >= 4 is 11.3 Å². The average molecular weight is 317 g/mol. The SMILES string of the molecule is CC1(CN)CCN(Cc2csc(COc3ccccc3)n2)C1. The van der Waals surface area contributed by atoms with E-state index >= 15 is 0 Å². The molecule has 1 aliphatic heterocycles. The molecule has 22 heavy (non-hydrogen) atoms. The zero-order chi connectivity index (χ0) is 15.4. The number of nitrogens with zero attached hydrogens (tertiary/aromatic N) is 2. The minimum Gasteiger partial charge on any atom is -0.486 e. The van der Waals surface area contributed by atoms with E-state index in [4.69, 9.17) is 10.5 Å². The molecule has 2 aromatic rings. The maximum Gasteiger partial charge on any atom is 0.140 e. The maximum atomic E-state index is 5.87. The Morgan fingerprint density at radius 1 is 1.36 bits per heavy atom. The van der Waals surface area contributed by atoms with Crippen molar-refractivity contribution in [3.05, 3.63) is 46.4 Å². The summed E-state index contributed by atoms with van der Waals surface area (Å²) in [5, 5.41) is 3.17. The van der Waals surface area contributed by atoms with Crippen LogP contribution in [0.4, 0.5) is 0 Å². The fourth-order valence-electron chi connectivity index (χ4n) is 2.81. The molecule has 1 aromatic carbocycles. The second-order valence-corrected chi connectivity index (χ2v) is 7.25. The van der Waals surface area contributed by atoms with Crippen LogP contribution in [0.25, 0.3) is 0 Å². The van der Waals surface area contributed by atoms with E-state index in [9.17, 15) is 0 Å². The Balaban J connectivity index is 1.51. The van der Waals surface area contributed by atoms with Gasteiger partial charge in [0.2, 0.25) is 0 Å². The summed E-state index contributed by atoms with van der Waals surface area (Å²) in [5.74, 6) is 0.887. The molecule has 0 aliphatic carbocycles. The highest BCUT2D eigenvalue weighted by molar-refractivity contribution is 7.09. The average Bonchev–Trinajstić information content (AvgIpc) is 3.14. The van der Waals surface area contributed by atoms with E-state index in [-0.39, 0.29) is 5.41 Å². The van der Waals surface area contributed by atoms with Gasteiger partial charge >= 0.3 is 0 Å². The van der Waals surface area contributed by atoms with Gasteiger partial charge < -0.3 is 10.5 Å². The zero-order valence-electron chi connectivity index (χ0n) is 13.0. The first-order chi connectivity index (χ1) is 10.7. The molecule has 0 bridgehead atoms. The summed E-state index contributed by atoms with van der Waals surface area (Å²) >= 11 is 1.67. The molecule has 0 saturated carbocycles. The van der Waals surface area contributed by atoms with Gasteiger partial charge in [-0.25, -0.2) is 4.98 Å². The smallest absolute Gasteiger partial charge is 0.140 e. The van der Waals surface area contributed by atoms with Gasteiger partial charge in [-0.1, -0.05) is 25.1 Å². The first-order valence-corrected chi connectivity index (χ1v) is 8.58. The van der Waals surface area contributed by atoms with Crippen molar-refractivity contribution in [2.24, 2.45) is 11.1 Å². The minimum absolute atomic E-state index is 0.273. The lowest BCUT2D eigenvalue weighted by Crippen LogP contribution is -2.31. The number of hydrogen-bond donors (Lipinski definition) is 1. The number of thiazole rings is 1. The van der Waals surface area contributed by atoms with E-state index in [2.05, 4.69) is 22.2 Å². The fourth-order valence-corrected chi connectivity index (χ4v) is 3.50. The van der Waals surface area contributed by atoms with Crippen LogP contribution in [0.1, 0.15) is 24.0 Å². The maximum absolute atomic E-state index is 5.87. The molecule has 2 N–H and O–H groups in total. The van der Waals surface area contributed by atoms with E-state index in [1.54, 1.807) is 11.3 Å². The second-order valence-electron chi connectivity index (χ2n) is 6.31. The molecule has 1 atom stereocenters. The number of nitrogens with two attached hydrogens (primary N) is 1. The van der Waals surface area contributed by atoms with Gasteiger partial charge in [0, 0.05) is 18.5 Å². The van der Waals surface area contributed by atoms with Gasteiger partial charge in [0.05, 0.1) is 5.69 Å². The molecular weight excluding hydrogens is 294 g/mol. The van der Waals surface area contributed by atoms with Crippen molar-refractivity contribution in [3.63, 3.8) is 0 Å². The summed E-state index contributed by atoms with van der Waals surface area (Å²) in [6, 6.07) is 9.87. The molecule has 1 fully saturated rings. The summed E-state index contributed by atoms with van der Waals surface area (Å²) in [6.45, 7) is 6.66. The number of hydrogen-bond acceptors (Lipinski definition) is 5. The third kappa shape index (κ3) is 3.85. The zero-order valence-corrected chi connectivity index (χ0v) is 13.8. The van der Waals surface area contributed by atoms with Gasteiger partial charge in [0.1, 0.15) is 17.4 Å². The van der Waals surface area contributed by atoms with Crippen LogP contribution in [-0.2, 0) is 13.2 Å². The lowest BCUT2D eigenvalue weighted by Gasteiger charge is -2.22. The van der Waals surface area contributed by atoms with Gasteiger partial charge in [0.25, 0.3) is 0 Å². The number of aromatic nitrogens is 1. The number of ether oxygens (including phenoxy) is 1. The standard InChI is InChI=1S/C17H23N3OS/c1-17(12-18)7-8-20(13-17)9-14-11-22-16(19-14)10-21-15-5-3-2-4-6-15/h2-6,11H,7-10,12-13,18H2,1H3. The van der Waals surface area contributed by atoms with Crippen LogP contribution in [0.3, 0.4) is 0 Å². The lowest BCUT2D eigenvalue weighted by atomic mass is 9.90. The van der Waals surface area contributed by atoms with E-state index in [0.717, 1.165) is 42.6 Å². The minimum atomic E-state index is 0.273. The molecule has 1 unspecified atom stereocenters. The Kier molecular flexibility index (Phi) is 4.76. The number of para-hydroxylation sites is 1. The molecular formula is C17H23N3OS. The molecule has 118 valence electrons. The molecule has 1 aromatic heterocycles. The van der Waals surface area contributed by atoms with Crippen molar-refractivity contribution in [2.45, 2.75) is 26.5 Å². The van der Waals surface area contributed by atoms with Crippen molar-refractivity contribution in [1.82, 2.24) is 9.88 Å². The largest absolute Gasteiger partial charge is 0.486 e. The fraction of sp³-hybridized carbons (Fsp3) is 0.471. The van der Waals surface area contributed by atoms with Gasteiger partial charge in [0.15, 0.2) is 0 Å². The molecule has 0 radical (unpaired) electrons. The Hall–Kier alpha value is -1.43. The van der Waals surface area contributed by atoms with Crippen LogP contribution in [0.5, 0.6) is 5.75 Å². The quantitative estimate of drug-likeness (QED) is 0.890. The van der Waals surface area contributed by atoms with Gasteiger partial charge in [-0.3, -0.25) is 4.90 Å². The second kappa shape index (κ2) is 6.77. The van der Waals surface area contributed by atoms with Crippen LogP contribution >= 0.6 is 11.3 Å². The predicted molar refractivity (Wildman–Crippen MR) is 89.9 cm³/mol. The lowest BCUT2D eigenvalue weighted by molar-refractivity contribution is 0.271. The van der Waals surface area contributed by atoms with Crippen molar-refractivity contribution in [2.75, 3.05) is 19.6 Å². The van der Waals surface area contributed by atoms with Gasteiger partial charge in [-0.05, 0) is 37.1 Å². The third-order valence-electron chi connectivity index (χ3n) is 4.22. The van der Waals surface area contributed by atoms with Crippen LogP contribution in [-0.4, -0.2) is 29.5 Å². The van der Waals surface area contributed by atoms with Crippen LogP contribution in [0.15, 0.2) is 35.7 Å². The van der Waals surface area contributed by atoms with E-state index < -0.39 is 0 Å². The Morgan fingerprint density at radius 3 is 2.91 bits per heavy atom. The highest BCUT2D eigenvalue weighted by atomic mass is 32.1. The van der Waals surface area contributed by atoms with E-state index in [0.29, 0.717) is 6.61 Å². The molecule has 1 aliphatic rings. The molecule has 4 nitrogen and oxygen atoms in total. The Bertz CT molecular complexity index is 601. The first kappa shape index (κ1) is 15.5. The topological polar surface area (TPSA) is 51.4 Å². The van der Waals surface area contributed by atoms with Crippen LogP contribution in [0, 0.1) is 5.41 Å². The summed E-state index contributed by atoms with van der Waals surface area (Å²) in [6.07, 6.45) is 1.18. The first-order valence-electron chi connectivity index (χ1n) is 7.70. The van der Waals surface area contributed by atoms with Crippen molar-refractivity contribution in [1.29, 1.82) is 0 Å². The summed E-state index contributed by atoms with van der Waals surface area (Å²) in [4.78, 5) is 7.13. The monoisotopic (exact) mass is 317 g/mol. The molecule has 0 amide bonds. The van der Waals surface area contributed by atoms with Crippen LogP contribution in [0.2, 0.25) is 0 Å². The molecule has 2 heterocycles. The van der Waals surface area contributed by atoms with Crippen molar-refractivity contribution in [3.8, 4) is 5.75 Å². The van der Waals surface area contributed by atoms with E-state index in [1.807, 2.05) is 30.3 Å². The molecule has 1 saturated heterocycles. The number of rotatable bonds is 6. The van der Waals surface area contributed by atoms with Crippen LogP contribution < -0.4 is 10.5 Å². The molecule has 0 spiro atoms. The van der Waals surface area contributed by atoms with E-state index in [1.165, 1.54) is 6.42 Å². The highest BCUT2D eigenvalue weighted by Crippen LogP contribution is 2.29. The van der Waals surface area contributed by atoms with Gasteiger partial charge in [-0.15, -0.1) is 11.3 Å². The molecule has 5 heteroatoms. The third-order valence-corrected chi connectivity index (χ3v) is 5.09. The summed E-state index contributed by atoms with van der Waals surface area (Å²) in [5.41, 5.74) is 7.28.